The van der Waals surface area contributed by atoms with Crippen molar-refractivity contribution in [3.63, 3.8) is 0 Å². The average molecular weight is 2060 g/mol. The zero-order valence-electron chi connectivity index (χ0n) is 39.4. The molecule has 0 radical (unpaired) electrons. The van der Waals surface area contributed by atoms with Crippen molar-refractivity contribution in [2.24, 2.45) is 11.8 Å². The number of carboxylic acid groups (broad SMARTS) is 3. The zero-order chi connectivity index (χ0) is 57.1. The van der Waals surface area contributed by atoms with Gasteiger partial charge >= 0.3 is 29.8 Å². The van der Waals surface area contributed by atoms with Crippen LogP contribution in [0.25, 0.3) is 0 Å². The molecular formula is C45H44I9N3O18. The van der Waals surface area contributed by atoms with E-state index >= 15 is 0 Å². The van der Waals surface area contributed by atoms with Crippen molar-refractivity contribution in [3.8, 4) is 0 Å². The van der Waals surface area contributed by atoms with Gasteiger partial charge in [-0.25, -0.2) is 14.4 Å². The number of hydrogen-bond acceptors (Lipinski definition) is 15. The Bertz CT molecular complexity index is 2730. The Morgan fingerprint density at radius 3 is 1.20 bits per heavy atom. The van der Waals surface area contributed by atoms with E-state index in [1.54, 1.807) is 45.2 Å². The predicted octanol–water partition coefficient (Wildman–Crippen LogP) is 10.5. The number of carbonyl (C=O) groups excluding carboxylic acids is 8. The van der Waals surface area contributed by atoms with Gasteiger partial charge in [0.1, 0.15) is 0 Å². The van der Waals surface area contributed by atoms with E-state index < -0.39 is 60.8 Å². The summed E-state index contributed by atoms with van der Waals surface area (Å²) in [7, 11) is 1.44. The Hall–Kier alpha value is -1.08. The van der Waals surface area contributed by atoms with E-state index in [1.165, 1.54) is 46.6 Å². The van der Waals surface area contributed by atoms with Gasteiger partial charge in [0.2, 0.25) is 5.91 Å². The fourth-order valence-electron chi connectivity index (χ4n) is 5.99. The molecule has 3 amide bonds. The number of nitrogens with one attached hydrogen (secondary N) is 2. The molecule has 21 nitrogen and oxygen atoms in total. The second-order valence-electron chi connectivity index (χ2n) is 15.3. The summed E-state index contributed by atoms with van der Waals surface area (Å²) in [6, 6.07) is 0. The Kier molecular flexibility index (Phi) is 31.1. The number of carboxylic acids is 3. The Morgan fingerprint density at radius 2 is 0.853 bits per heavy atom. The second-order valence-corrected chi connectivity index (χ2v) is 25.0. The van der Waals surface area contributed by atoms with Crippen LogP contribution in [0.5, 0.6) is 0 Å². The third kappa shape index (κ3) is 19.0. The van der Waals surface area contributed by atoms with Crippen molar-refractivity contribution < 1.29 is 87.0 Å². The second kappa shape index (κ2) is 32.4. The summed E-state index contributed by atoms with van der Waals surface area (Å²) in [5.74, 6) is -7.44. The third-order valence-corrected chi connectivity index (χ3v) is 19.1. The van der Waals surface area contributed by atoms with Gasteiger partial charge in [-0.3, -0.25) is 38.4 Å². The minimum absolute atomic E-state index is 0. The fourth-order valence-corrected chi connectivity index (χ4v) is 20.4. The largest absolute Gasteiger partial charge is 0.478 e. The van der Waals surface area contributed by atoms with Crippen LogP contribution in [0.4, 0.5) is 17.1 Å². The molecule has 1 aliphatic rings. The topological polar surface area (TPSA) is 313 Å². The van der Waals surface area contributed by atoms with E-state index in [2.05, 4.69) is 20.1 Å². The van der Waals surface area contributed by atoms with Crippen molar-refractivity contribution in [2.45, 2.75) is 62.2 Å². The standard InChI is InChI=1S/C17H18I3NO6.C14H12I3NO6.C13H10I3NO6.CH4/c1-6(2)17-26-4-8(5-27-17)15(23)21-14-12(19)9(7(3)22)11(18)10(13(14)20)16(24)25;1-5(19)8-10(15)9(14(22)23)12(17)13(11(8)16)18(3)7(21)4-24-6(2)20;1-4(18)7-9(14)8(13(21)22)11(16)12(10(7)15)17-6(20)3-23-5(2)19;/h6,8,17H,4-5H2,1-3H3,(H,21,23)(H,24,25);4H2,1-3H3,(H,22,23);3H2,1-2H3,(H,17,20)(H,21,22);1H4. The lowest BCUT2D eigenvalue weighted by atomic mass is 10.0. The summed E-state index contributed by atoms with van der Waals surface area (Å²) >= 11 is 16.8. The smallest absolute Gasteiger partial charge is 0.337 e. The molecule has 1 saturated heterocycles. The average Bonchev–Trinajstić information content (AvgIpc) is 3.27. The van der Waals surface area contributed by atoms with Gasteiger partial charge < -0.3 is 49.8 Å². The molecule has 0 spiro atoms. The number of aromatic carboxylic acids is 3. The van der Waals surface area contributed by atoms with Gasteiger partial charge in [-0.15, -0.1) is 0 Å². The van der Waals surface area contributed by atoms with Gasteiger partial charge in [0.25, 0.3) is 11.8 Å². The van der Waals surface area contributed by atoms with Gasteiger partial charge in [0.15, 0.2) is 36.9 Å². The molecular weight excluding hydrogens is 2010 g/mol. The lowest BCUT2D eigenvalue weighted by molar-refractivity contribution is -0.217. The molecule has 1 aliphatic heterocycles. The highest BCUT2D eigenvalue weighted by atomic mass is 127. The minimum Gasteiger partial charge on any atom is -0.478 e. The monoisotopic (exact) mass is 2060 g/mol. The third-order valence-electron chi connectivity index (χ3n) is 9.49. The number of ketones is 3. The van der Waals surface area contributed by atoms with Crippen LogP contribution in [0, 0.1) is 44.0 Å². The lowest BCUT2D eigenvalue weighted by Gasteiger charge is -2.31. The molecule has 0 atom stereocenters. The van der Waals surface area contributed by atoms with Crippen molar-refractivity contribution in [3.05, 3.63) is 65.5 Å². The predicted molar refractivity (Wildman–Crippen MR) is 349 cm³/mol. The number of ether oxygens (including phenoxy) is 4. The van der Waals surface area contributed by atoms with Crippen LogP contribution in [0.3, 0.4) is 0 Å². The molecule has 3 aromatic carbocycles. The molecule has 5 N–H and O–H groups in total. The Labute approximate surface area is 552 Å². The maximum absolute atomic E-state index is 12.7. The van der Waals surface area contributed by atoms with E-state index in [1.807, 2.05) is 172 Å². The number of carbonyl (C=O) groups is 11. The van der Waals surface area contributed by atoms with Crippen molar-refractivity contribution in [1.82, 2.24) is 0 Å². The number of Topliss-reactive ketones (excluding diaryl/α,β-unsaturated/α-hetero) is 3. The molecule has 0 saturated carbocycles. The first-order valence-corrected chi connectivity index (χ1v) is 30.1. The Balaban J connectivity index is 0.000000561. The highest BCUT2D eigenvalue weighted by Gasteiger charge is 2.34. The fraction of sp³-hybridized carbons (Fsp3) is 0.356. The first kappa shape index (κ1) is 71.9. The molecule has 30 heteroatoms. The highest BCUT2D eigenvalue weighted by molar-refractivity contribution is 14.1. The van der Waals surface area contributed by atoms with E-state index in [4.69, 9.17) is 9.47 Å². The van der Waals surface area contributed by atoms with Gasteiger partial charge in [-0.05, 0) is 224 Å². The molecule has 1 heterocycles. The molecule has 0 unspecified atom stereocenters. The van der Waals surface area contributed by atoms with Crippen molar-refractivity contribution >= 4 is 285 Å². The SMILES string of the molecule is C.CC(=O)OCC(=O)N(C)c1c(I)c(C(C)=O)c(I)c(C(=O)O)c1I.CC(=O)OCC(=O)Nc1c(I)c(C(C)=O)c(I)c(C(=O)O)c1I.CC(=O)c1c(I)c(NC(=O)C2COC(C(C)C)OC2)c(I)c(C(=O)O)c1I. The van der Waals surface area contributed by atoms with Crippen LogP contribution in [-0.4, -0.2) is 120 Å². The zero-order valence-corrected chi connectivity index (χ0v) is 58.8. The quantitative estimate of drug-likeness (QED) is 0.0536. The maximum atomic E-state index is 12.7. The number of rotatable bonds is 15. The normalized spacial score (nSPS) is 13.5. The molecule has 75 heavy (non-hydrogen) atoms. The van der Waals surface area contributed by atoms with Crippen LogP contribution in [0.2, 0.25) is 0 Å². The Morgan fingerprint density at radius 1 is 0.533 bits per heavy atom. The van der Waals surface area contributed by atoms with Gasteiger partial charge in [-0.1, -0.05) is 21.3 Å². The van der Waals surface area contributed by atoms with Crippen LogP contribution < -0.4 is 15.5 Å². The van der Waals surface area contributed by atoms with E-state index in [-0.39, 0.29) is 89.6 Å². The number of likely N-dealkylation sites (N-methyl/N-ethyl adjacent to an activating group) is 1. The molecule has 0 aromatic heterocycles. The molecule has 3 aromatic rings. The number of anilines is 3. The first-order valence-electron chi connectivity index (χ1n) is 20.3. The van der Waals surface area contributed by atoms with Crippen LogP contribution in [0.1, 0.15) is 118 Å². The van der Waals surface area contributed by atoms with E-state index in [9.17, 15) is 68.1 Å². The number of hydrogen-bond donors (Lipinski definition) is 5. The summed E-state index contributed by atoms with van der Waals surface area (Å²) in [4.78, 5) is 130. The molecule has 4 rings (SSSR count). The van der Waals surface area contributed by atoms with Crippen LogP contribution in [0.15, 0.2) is 0 Å². The van der Waals surface area contributed by atoms with E-state index in [0.29, 0.717) is 49.1 Å². The van der Waals surface area contributed by atoms with Gasteiger partial charge in [0, 0.05) is 64.9 Å². The maximum Gasteiger partial charge on any atom is 0.337 e. The van der Waals surface area contributed by atoms with E-state index in [0.717, 1.165) is 0 Å². The summed E-state index contributed by atoms with van der Waals surface area (Å²) in [5, 5.41) is 33.7. The summed E-state index contributed by atoms with van der Waals surface area (Å²) in [5.41, 5.74) is 1.53. The highest BCUT2D eigenvalue weighted by Crippen LogP contribution is 2.40. The molecule has 410 valence electrons. The van der Waals surface area contributed by atoms with Crippen molar-refractivity contribution in [2.75, 3.05) is 49.0 Å². The molecule has 1 fully saturated rings. The number of amides is 3. The number of esters is 2. The van der Waals surface area contributed by atoms with Crippen LogP contribution in [-0.2, 0) is 42.9 Å². The lowest BCUT2D eigenvalue weighted by Crippen LogP contribution is -2.41. The summed E-state index contributed by atoms with van der Waals surface area (Å²) in [6.07, 6.45) is -0.337. The summed E-state index contributed by atoms with van der Waals surface area (Å²) < 4.78 is 23.9. The first-order chi connectivity index (χ1) is 34.1. The number of benzene rings is 3. The van der Waals surface area contributed by atoms with Gasteiger partial charge in [-0.2, -0.15) is 0 Å². The summed E-state index contributed by atoms with van der Waals surface area (Å²) in [6.45, 7) is 9.80. The number of nitrogens with zero attached hydrogens (tertiary/aromatic N) is 1. The minimum atomic E-state index is -1.20. The van der Waals surface area contributed by atoms with Crippen LogP contribution >= 0.6 is 203 Å². The molecule has 0 bridgehead atoms. The number of halogens is 9. The molecule has 0 aliphatic carbocycles. The van der Waals surface area contributed by atoms with Crippen molar-refractivity contribution in [1.29, 1.82) is 0 Å². The van der Waals surface area contributed by atoms with Gasteiger partial charge in [0.05, 0.1) is 63.6 Å².